The first kappa shape index (κ1) is 15.0. The lowest BCUT2D eigenvalue weighted by molar-refractivity contribution is 0.366. The van der Waals surface area contributed by atoms with Crippen molar-refractivity contribution in [3.63, 3.8) is 0 Å². The molecule has 1 fully saturated rings. The van der Waals surface area contributed by atoms with Crippen LogP contribution in [0, 0.1) is 0 Å². The van der Waals surface area contributed by atoms with Crippen molar-refractivity contribution in [1.29, 1.82) is 0 Å². The van der Waals surface area contributed by atoms with E-state index in [1.165, 1.54) is 11.8 Å². The number of sulfone groups is 1. The first-order valence-electron chi connectivity index (χ1n) is 6.93. The van der Waals surface area contributed by atoms with Crippen LogP contribution in [0.15, 0.2) is 16.8 Å². The van der Waals surface area contributed by atoms with Gasteiger partial charge in [0.25, 0.3) is 0 Å². The molecule has 1 aromatic rings. The number of hydrogen-bond acceptors (Lipinski definition) is 4. The molecule has 1 N–H and O–H groups in total. The quantitative estimate of drug-likeness (QED) is 0.909. The average Bonchev–Trinajstić information content (AvgIpc) is 2.89. The summed E-state index contributed by atoms with van der Waals surface area (Å²) in [5.74, 6) is 0.438. The largest absolute Gasteiger partial charge is 0.312 e. The molecule has 0 spiro atoms. The monoisotopic (exact) mass is 301 g/mol. The van der Waals surface area contributed by atoms with Crippen LogP contribution in [0.1, 0.15) is 44.1 Å². The van der Waals surface area contributed by atoms with E-state index in [2.05, 4.69) is 29.1 Å². The third-order valence-electron chi connectivity index (χ3n) is 4.05. The molecule has 0 radical (unpaired) electrons. The third kappa shape index (κ3) is 4.04. The van der Waals surface area contributed by atoms with Gasteiger partial charge < -0.3 is 5.32 Å². The Morgan fingerprint density at radius 3 is 2.79 bits per heavy atom. The van der Waals surface area contributed by atoms with Gasteiger partial charge in [-0.15, -0.1) is 0 Å². The first-order valence-corrected chi connectivity index (χ1v) is 9.82. The van der Waals surface area contributed by atoms with Crippen LogP contribution in [0.3, 0.4) is 0 Å². The maximum atomic E-state index is 11.8. The van der Waals surface area contributed by atoms with Gasteiger partial charge >= 0.3 is 0 Å². The van der Waals surface area contributed by atoms with E-state index in [0.717, 1.165) is 32.2 Å². The highest BCUT2D eigenvalue weighted by Gasteiger charge is 2.32. The summed E-state index contributed by atoms with van der Waals surface area (Å²) in [6, 6.07) is 2.27. The molecule has 1 saturated carbocycles. The molecular weight excluding hydrogens is 278 g/mol. The van der Waals surface area contributed by atoms with Crippen molar-refractivity contribution in [2.75, 3.05) is 12.8 Å². The van der Waals surface area contributed by atoms with Gasteiger partial charge in [0.2, 0.25) is 0 Å². The van der Waals surface area contributed by atoms with E-state index < -0.39 is 9.84 Å². The molecule has 1 aliphatic carbocycles. The topological polar surface area (TPSA) is 46.2 Å². The fourth-order valence-corrected chi connectivity index (χ4v) is 5.05. The van der Waals surface area contributed by atoms with Crippen molar-refractivity contribution >= 4 is 21.2 Å². The highest BCUT2D eigenvalue weighted by atomic mass is 32.2. The molecule has 1 heterocycles. The van der Waals surface area contributed by atoms with E-state index in [0.29, 0.717) is 5.92 Å². The standard InChI is InChI=1S/C14H23NO2S2/c1-11(12-7-8-18-10-12)9-15-13-5-3-4-6-14(13)19(2,16)17/h7-8,10-11,13-15H,3-6,9H2,1-2H3/t11-,13+,14+/m1/s1. The highest BCUT2D eigenvalue weighted by molar-refractivity contribution is 7.91. The minimum absolute atomic E-state index is 0.129. The Balaban J connectivity index is 1.93. The van der Waals surface area contributed by atoms with Gasteiger partial charge in [0.15, 0.2) is 9.84 Å². The molecule has 0 unspecified atom stereocenters. The summed E-state index contributed by atoms with van der Waals surface area (Å²) in [5.41, 5.74) is 1.34. The first-order chi connectivity index (χ1) is 8.98. The lowest BCUT2D eigenvalue weighted by Crippen LogP contribution is -2.46. The van der Waals surface area contributed by atoms with Gasteiger partial charge in [0.05, 0.1) is 5.25 Å². The Kier molecular flexibility index (Phi) is 5.03. The maximum absolute atomic E-state index is 11.8. The molecule has 0 aliphatic heterocycles. The van der Waals surface area contributed by atoms with Crippen molar-refractivity contribution in [3.8, 4) is 0 Å². The Hall–Kier alpha value is -0.390. The molecule has 1 aliphatic rings. The molecule has 2 rings (SSSR count). The van der Waals surface area contributed by atoms with Gasteiger partial charge in [-0.05, 0) is 41.1 Å². The van der Waals surface area contributed by atoms with E-state index in [1.54, 1.807) is 11.3 Å². The second kappa shape index (κ2) is 6.37. The van der Waals surface area contributed by atoms with E-state index in [1.807, 2.05) is 0 Å². The van der Waals surface area contributed by atoms with Gasteiger partial charge in [0, 0.05) is 18.8 Å². The number of rotatable bonds is 5. The van der Waals surface area contributed by atoms with E-state index >= 15 is 0 Å². The number of thiophene rings is 1. The summed E-state index contributed by atoms with van der Waals surface area (Å²) >= 11 is 1.71. The summed E-state index contributed by atoms with van der Waals surface area (Å²) < 4.78 is 23.7. The van der Waals surface area contributed by atoms with Crippen LogP contribution in [0.4, 0.5) is 0 Å². The SMILES string of the molecule is C[C@H](CN[C@H]1CCCC[C@@H]1S(C)(=O)=O)c1ccsc1. The predicted molar refractivity (Wildman–Crippen MR) is 81.6 cm³/mol. The van der Waals surface area contributed by atoms with Crippen molar-refractivity contribution in [2.24, 2.45) is 0 Å². The third-order valence-corrected chi connectivity index (χ3v) is 6.42. The zero-order valence-electron chi connectivity index (χ0n) is 11.6. The van der Waals surface area contributed by atoms with Crippen LogP contribution < -0.4 is 5.32 Å². The molecule has 5 heteroatoms. The van der Waals surface area contributed by atoms with Crippen molar-refractivity contribution < 1.29 is 8.42 Å². The lowest BCUT2D eigenvalue weighted by Gasteiger charge is -2.31. The highest BCUT2D eigenvalue weighted by Crippen LogP contribution is 2.25. The smallest absolute Gasteiger partial charge is 0.151 e. The van der Waals surface area contributed by atoms with Crippen LogP contribution in [0.5, 0.6) is 0 Å². The minimum atomic E-state index is -2.94. The summed E-state index contributed by atoms with van der Waals surface area (Å²) in [6.45, 7) is 3.04. The van der Waals surface area contributed by atoms with Crippen molar-refractivity contribution in [2.45, 2.75) is 49.8 Å². The van der Waals surface area contributed by atoms with Crippen LogP contribution in [0.25, 0.3) is 0 Å². The summed E-state index contributed by atoms with van der Waals surface area (Å²) in [6.07, 6.45) is 5.34. The van der Waals surface area contributed by atoms with Crippen molar-refractivity contribution in [3.05, 3.63) is 22.4 Å². The van der Waals surface area contributed by atoms with Crippen LogP contribution >= 0.6 is 11.3 Å². The molecular formula is C14H23NO2S2. The normalized spacial score (nSPS) is 26.2. The molecule has 0 amide bonds. The predicted octanol–water partition coefficient (Wildman–Crippen LogP) is 2.80. The molecule has 1 aromatic heterocycles. The molecule has 19 heavy (non-hydrogen) atoms. The Bertz CT molecular complexity index is 482. The Morgan fingerprint density at radius 1 is 1.42 bits per heavy atom. The van der Waals surface area contributed by atoms with Crippen molar-refractivity contribution in [1.82, 2.24) is 5.32 Å². The van der Waals surface area contributed by atoms with Gasteiger partial charge in [0.1, 0.15) is 0 Å². The van der Waals surface area contributed by atoms with Crippen LogP contribution in [-0.2, 0) is 9.84 Å². The van der Waals surface area contributed by atoms with E-state index in [9.17, 15) is 8.42 Å². The Morgan fingerprint density at radius 2 is 2.16 bits per heavy atom. The molecule has 3 nitrogen and oxygen atoms in total. The van der Waals surface area contributed by atoms with Gasteiger partial charge in [-0.25, -0.2) is 8.42 Å². The summed E-state index contributed by atoms with van der Waals surface area (Å²) in [7, 11) is -2.94. The van der Waals surface area contributed by atoms with E-state index in [-0.39, 0.29) is 11.3 Å². The maximum Gasteiger partial charge on any atom is 0.151 e. The van der Waals surface area contributed by atoms with Gasteiger partial charge in [-0.3, -0.25) is 0 Å². The lowest BCUT2D eigenvalue weighted by atomic mass is 9.94. The number of hydrogen-bond donors (Lipinski definition) is 1. The zero-order chi connectivity index (χ0) is 13.9. The molecule has 0 aromatic carbocycles. The second-order valence-corrected chi connectivity index (χ2v) is 8.67. The summed E-state index contributed by atoms with van der Waals surface area (Å²) in [5, 5.41) is 7.55. The van der Waals surface area contributed by atoms with Crippen LogP contribution in [-0.4, -0.2) is 32.5 Å². The van der Waals surface area contributed by atoms with Gasteiger partial charge in [-0.1, -0.05) is 19.8 Å². The average molecular weight is 301 g/mol. The minimum Gasteiger partial charge on any atom is -0.312 e. The van der Waals surface area contributed by atoms with E-state index in [4.69, 9.17) is 0 Å². The fourth-order valence-electron chi connectivity index (χ4n) is 2.84. The molecule has 0 saturated heterocycles. The second-order valence-electron chi connectivity index (χ2n) is 5.62. The Labute approximate surface area is 120 Å². The van der Waals surface area contributed by atoms with Crippen LogP contribution in [0.2, 0.25) is 0 Å². The fraction of sp³-hybridized carbons (Fsp3) is 0.714. The number of nitrogens with one attached hydrogen (secondary N) is 1. The van der Waals surface area contributed by atoms with Gasteiger partial charge in [-0.2, -0.15) is 11.3 Å². The zero-order valence-corrected chi connectivity index (χ0v) is 13.3. The summed E-state index contributed by atoms with van der Waals surface area (Å²) in [4.78, 5) is 0. The molecule has 108 valence electrons. The molecule has 0 bridgehead atoms. The molecule has 3 atom stereocenters.